The molecule has 94 valence electrons. The van der Waals surface area contributed by atoms with Crippen LogP contribution in [0.1, 0.15) is 30.5 Å². The molecule has 2 aliphatic rings. The van der Waals surface area contributed by atoms with E-state index in [0.29, 0.717) is 0 Å². The quantitative estimate of drug-likeness (QED) is 0.661. The molecule has 0 saturated heterocycles. The van der Waals surface area contributed by atoms with Gasteiger partial charge < -0.3 is 9.47 Å². The molecule has 2 aromatic heterocycles. The summed E-state index contributed by atoms with van der Waals surface area (Å²) in [5.41, 5.74) is 5.10. The summed E-state index contributed by atoms with van der Waals surface area (Å²) in [6.07, 6.45) is 7.31. The summed E-state index contributed by atoms with van der Waals surface area (Å²) in [6, 6.07) is 0. The summed E-state index contributed by atoms with van der Waals surface area (Å²) in [4.78, 5) is 10.8. The maximum absolute atomic E-state index is 4.51. The second kappa shape index (κ2) is 3.26. The molecule has 1 fully saturated rings. The lowest BCUT2D eigenvalue weighted by Crippen LogP contribution is -2.47. The van der Waals surface area contributed by atoms with Crippen molar-refractivity contribution in [1.29, 1.82) is 0 Å². The lowest BCUT2D eigenvalue weighted by molar-refractivity contribution is 0.146. The van der Waals surface area contributed by atoms with Crippen LogP contribution in [0.4, 0.5) is 0 Å². The number of rotatable bonds is 0. The predicted octanol–water partition coefficient (Wildman–Crippen LogP) is 2.10. The van der Waals surface area contributed by atoms with E-state index in [1.165, 1.54) is 30.5 Å². The van der Waals surface area contributed by atoms with Crippen molar-refractivity contribution in [3.05, 3.63) is 37.9 Å². The molecule has 0 unspecified atom stereocenters. The van der Waals surface area contributed by atoms with Gasteiger partial charge in [0, 0.05) is 5.52 Å². The van der Waals surface area contributed by atoms with Crippen LogP contribution in [0.2, 0.25) is 0 Å². The summed E-state index contributed by atoms with van der Waals surface area (Å²) in [5.74, 6) is 0. The zero-order valence-electron chi connectivity index (χ0n) is 10.4. The van der Waals surface area contributed by atoms with Crippen molar-refractivity contribution in [2.24, 2.45) is 0 Å². The maximum Gasteiger partial charge on any atom is 0.113 e. The van der Waals surface area contributed by atoms with Crippen LogP contribution in [0.25, 0.3) is 11.0 Å². The Morgan fingerprint density at radius 3 is 2.83 bits per heavy atom. The van der Waals surface area contributed by atoms with Gasteiger partial charge in [0.15, 0.2) is 0 Å². The fraction of sp³-hybridized carbons (Fsp3) is 0.429. The summed E-state index contributed by atoms with van der Waals surface area (Å²) in [5, 5.41) is 0. The van der Waals surface area contributed by atoms with Gasteiger partial charge in [-0.1, -0.05) is 17.7 Å². The molecule has 0 atom stereocenters. The average Bonchev–Trinajstić information content (AvgIpc) is 2.61. The van der Waals surface area contributed by atoms with E-state index in [0.717, 1.165) is 24.1 Å². The topological polar surface area (TPSA) is 34.0 Å². The molecule has 1 saturated carbocycles. The Balaban J connectivity index is 2.07. The molecule has 0 amide bonds. The SMILES string of the molecule is [CH2-]N1Cc2c(c3ncncc3n2[CH2-])C2(CCC2)C1. The Hall–Kier alpha value is -1.55. The van der Waals surface area contributed by atoms with Crippen LogP contribution in [-0.2, 0) is 12.0 Å². The molecule has 0 radical (unpaired) electrons. The molecule has 18 heavy (non-hydrogen) atoms. The second-order valence-corrected chi connectivity index (χ2v) is 5.63. The van der Waals surface area contributed by atoms with Crippen molar-refractivity contribution in [3.8, 4) is 0 Å². The molecule has 0 aromatic carbocycles. The largest absolute Gasteiger partial charge is 0.481 e. The average molecular weight is 240 g/mol. The Labute approximate surface area is 107 Å². The van der Waals surface area contributed by atoms with Crippen molar-refractivity contribution < 1.29 is 0 Å². The Morgan fingerprint density at radius 2 is 2.11 bits per heavy atom. The third kappa shape index (κ3) is 1.11. The highest BCUT2D eigenvalue weighted by Gasteiger charge is 2.42. The maximum atomic E-state index is 4.51. The van der Waals surface area contributed by atoms with E-state index in [-0.39, 0.29) is 5.41 Å². The second-order valence-electron chi connectivity index (χ2n) is 5.63. The third-order valence-electron chi connectivity index (χ3n) is 4.58. The minimum Gasteiger partial charge on any atom is -0.481 e. The standard InChI is InChI=1S/C14H16N4/c1-17-7-11-12(14(8-17)4-3-5-14)13-10(18(11)2)6-15-9-16-13/h6,9H,1-5,7-8H2/q-2. The molecule has 1 spiro atoms. The molecular weight excluding hydrogens is 224 g/mol. The van der Waals surface area contributed by atoms with Crippen LogP contribution in [0.3, 0.4) is 0 Å². The van der Waals surface area contributed by atoms with Crippen molar-refractivity contribution in [2.45, 2.75) is 31.2 Å². The van der Waals surface area contributed by atoms with Gasteiger partial charge in [-0.25, -0.2) is 4.98 Å². The monoisotopic (exact) mass is 240 g/mol. The van der Waals surface area contributed by atoms with Crippen LogP contribution >= 0.6 is 0 Å². The lowest BCUT2D eigenvalue weighted by atomic mass is 9.62. The summed E-state index contributed by atoms with van der Waals surface area (Å²) >= 11 is 0. The fourth-order valence-corrected chi connectivity index (χ4v) is 3.64. The van der Waals surface area contributed by atoms with Crippen molar-refractivity contribution in [3.63, 3.8) is 0 Å². The predicted molar refractivity (Wildman–Crippen MR) is 69.6 cm³/mol. The Morgan fingerprint density at radius 1 is 1.28 bits per heavy atom. The minimum atomic E-state index is 0.269. The van der Waals surface area contributed by atoms with Gasteiger partial charge in [-0.3, -0.25) is 12.0 Å². The minimum absolute atomic E-state index is 0.269. The van der Waals surface area contributed by atoms with Gasteiger partial charge in [-0.15, -0.1) is 7.05 Å². The molecule has 0 N–H and O–H groups in total. The molecule has 4 heteroatoms. The van der Waals surface area contributed by atoms with E-state index in [1.807, 2.05) is 10.8 Å². The summed E-state index contributed by atoms with van der Waals surface area (Å²) in [7, 11) is 8.30. The molecule has 0 bridgehead atoms. The number of hydrogen-bond acceptors (Lipinski definition) is 3. The highest BCUT2D eigenvalue weighted by Crippen LogP contribution is 2.50. The summed E-state index contributed by atoms with van der Waals surface area (Å²) < 4.78 is 2.00. The fourth-order valence-electron chi connectivity index (χ4n) is 3.64. The van der Waals surface area contributed by atoms with Crippen LogP contribution in [0.15, 0.2) is 12.5 Å². The van der Waals surface area contributed by atoms with Crippen LogP contribution in [-0.4, -0.2) is 26.0 Å². The molecule has 3 heterocycles. The Bertz CT molecular complexity index is 624. The van der Waals surface area contributed by atoms with Crippen LogP contribution < -0.4 is 0 Å². The van der Waals surface area contributed by atoms with Gasteiger partial charge in [0.2, 0.25) is 0 Å². The number of hydrogen-bond donors (Lipinski definition) is 0. The van der Waals surface area contributed by atoms with Gasteiger partial charge in [-0.05, 0) is 43.1 Å². The lowest BCUT2D eigenvalue weighted by Gasteiger charge is -2.53. The Kier molecular flexibility index (Phi) is 1.88. The van der Waals surface area contributed by atoms with Crippen molar-refractivity contribution >= 4 is 11.0 Å². The normalized spacial score (nSPS) is 22.1. The summed E-state index contributed by atoms with van der Waals surface area (Å²) in [6.45, 7) is 1.90. The molecule has 1 aliphatic heterocycles. The van der Waals surface area contributed by atoms with Crippen molar-refractivity contribution in [2.75, 3.05) is 6.54 Å². The van der Waals surface area contributed by atoms with E-state index in [9.17, 15) is 0 Å². The first-order valence-corrected chi connectivity index (χ1v) is 6.41. The molecular formula is C14H16N4-2. The van der Waals surface area contributed by atoms with Crippen LogP contribution in [0.5, 0.6) is 0 Å². The van der Waals surface area contributed by atoms with Gasteiger partial charge >= 0.3 is 0 Å². The third-order valence-corrected chi connectivity index (χ3v) is 4.58. The first kappa shape index (κ1) is 10.4. The van der Waals surface area contributed by atoms with Crippen LogP contribution in [0, 0.1) is 14.1 Å². The number of fused-ring (bicyclic) bond motifs is 4. The number of nitrogens with zero attached hydrogens (tertiary/aromatic N) is 4. The van der Waals surface area contributed by atoms with Gasteiger partial charge in [-0.2, -0.15) is 0 Å². The highest BCUT2D eigenvalue weighted by molar-refractivity contribution is 5.83. The van der Waals surface area contributed by atoms with Gasteiger partial charge in [0.25, 0.3) is 0 Å². The van der Waals surface area contributed by atoms with E-state index in [1.54, 1.807) is 6.33 Å². The smallest absolute Gasteiger partial charge is 0.113 e. The number of aromatic nitrogens is 3. The first-order valence-electron chi connectivity index (χ1n) is 6.41. The molecule has 2 aromatic rings. The molecule has 1 aliphatic carbocycles. The van der Waals surface area contributed by atoms with E-state index in [2.05, 4.69) is 29.0 Å². The van der Waals surface area contributed by atoms with Gasteiger partial charge in [0.05, 0.1) is 0 Å². The zero-order valence-corrected chi connectivity index (χ0v) is 10.4. The molecule has 4 rings (SSSR count). The van der Waals surface area contributed by atoms with Crippen molar-refractivity contribution in [1.82, 2.24) is 19.4 Å². The van der Waals surface area contributed by atoms with E-state index < -0.39 is 0 Å². The van der Waals surface area contributed by atoms with E-state index in [4.69, 9.17) is 0 Å². The van der Waals surface area contributed by atoms with Gasteiger partial charge in [0.1, 0.15) is 6.33 Å². The highest BCUT2D eigenvalue weighted by atomic mass is 15.2. The zero-order chi connectivity index (χ0) is 12.3. The first-order chi connectivity index (χ1) is 8.71. The van der Waals surface area contributed by atoms with E-state index >= 15 is 0 Å². The molecule has 4 nitrogen and oxygen atoms in total.